The van der Waals surface area contributed by atoms with E-state index in [1.165, 1.54) is 6.07 Å². The predicted octanol–water partition coefficient (Wildman–Crippen LogP) is 2.66. The molecule has 0 unspecified atom stereocenters. The summed E-state index contributed by atoms with van der Waals surface area (Å²) in [5.74, 6) is 1.21. The van der Waals surface area contributed by atoms with Gasteiger partial charge in [-0.3, -0.25) is 4.79 Å². The van der Waals surface area contributed by atoms with E-state index in [-0.39, 0.29) is 12.5 Å². The fourth-order valence-corrected chi connectivity index (χ4v) is 2.39. The van der Waals surface area contributed by atoms with Crippen LogP contribution in [0.2, 0.25) is 0 Å². The summed E-state index contributed by atoms with van der Waals surface area (Å²) in [5.41, 5.74) is -0.0128. The molecule has 3 aromatic rings. The Kier molecular flexibility index (Phi) is 4.83. The van der Waals surface area contributed by atoms with Gasteiger partial charge in [0, 0.05) is 30.1 Å². The van der Waals surface area contributed by atoms with Crippen LogP contribution in [0.3, 0.4) is 0 Å². The number of nitrogens with zero attached hydrogens (tertiary/aromatic N) is 2. The van der Waals surface area contributed by atoms with Crippen molar-refractivity contribution in [3.05, 3.63) is 53.0 Å². The first-order valence-corrected chi connectivity index (χ1v) is 7.99. The smallest absolute Gasteiger partial charge is 0.336 e. The third-order valence-electron chi connectivity index (χ3n) is 3.49. The molecule has 0 saturated carbocycles. The van der Waals surface area contributed by atoms with E-state index in [0.717, 1.165) is 5.39 Å². The fourth-order valence-electron chi connectivity index (χ4n) is 2.39. The molecule has 130 valence electrons. The standard InChI is InChI=1S/C18H19N3O4/c1-12(2)10-21-16(7-8-19-21)20-17(22)11-24-14-5-3-13-4-6-18(23)25-15(13)9-14/h3-9,12H,10-11H2,1-2H3,(H,20,22). The molecule has 2 aromatic heterocycles. The summed E-state index contributed by atoms with van der Waals surface area (Å²) in [5, 5.41) is 7.75. The van der Waals surface area contributed by atoms with Crippen molar-refractivity contribution in [2.24, 2.45) is 5.92 Å². The minimum Gasteiger partial charge on any atom is -0.484 e. The molecule has 0 aliphatic rings. The maximum Gasteiger partial charge on any atom is 0.336 e. The number of carbonyl (C=O) groups excluding carboxylic acids is 1. The van der Waals surface area contributed by atoms with E-state index in [0.29, 0.717) is 29.6 Å². The molecule has 2 heterocycles. The summed E-state index contributed by atoms with van der Waals surface area (Å²) in [4.78, 5) is 23.4. The normalized spacial score (nSPS) is 11.0. The zero-order valence-electron chi connectivity index (χ0n) is 14.1. The molecule has 0 bridgehead atoms. The summed E-state index contributed by atoms with van der Waals surface area (Å²) in [7, 11) is 0. The second-order valence-corrected chi connectivity index (χ2v) is 6.08. The second kappa shape index (κ2) is 7.21. The average Bonchev–Trinajstić information content (AvgIpc) is 2.98. The van der Waals surface area contributed by atoms with Crippen molar-refractivity contribution < 1.29 is 13.9 Å². The Labute approximate surface area is 144 Å². The van der Waals surface area contributed by atoms with Gasteiger partial charge in [0.2, 0.25) is 0 Å². The van der Waals surface area contributed by atoms with Crippen molar-refractivity contribution in [2.45, 2.75) is 20.4 Å². The Morgan fingerprint density at radius 2 is 2.08 bits per heavy atom. The topological polar surface area (TPSA) is 86.4 Å². The van der Waals surface area contributed by atoms with Gasteiger partial charge in [-0.1, -0.05) is 13.8 Å². The lowest BCUT2D eigenvalue weighted by Crippen LogP contribution is -2.22. The Hall–Kier alpha value is -3.09. The number of benzene rings is 1. The zero-order chi connectivity index (χ0) is 17.8. The lowest BCUT2D eigenvalue weighted by Gasteiger charge is -2.11. The lowest BCUT2D eigenvalue weighted by atomic mass is 10.2. The molecule has 7 heteroatoms. The Bertz CT molecular complexity index is 943. The molecule has 1 amide bonds. The molecule has 1 aromatic carbocycles. The van der Waals surface area contributed by atoms with E-state index in [9.17, 15) is 9.59 Å². The predicted molar refractivity (Wildman–Crippen MR) is 93.7 cm³/mol. The van der Waals surface area contributed by atoms with Gasteiger partial charge in [0.15, 0.2) is 6.61 Å². The molecule has 1 N–H and O–H groups in total. The van der Waals surface area contributed by atoms with E-state index in [4.69, 9.17) is 9.15 Å². The van der Waals surface area contributed by atoms with Gasteiger partial charge in [0.05, 0.1) is 6.20 Å². The van der Waals surface area contributed by atoms with Gasteiger partial charge in [0.1, 0.15) is 17.2 Å². The zero-order valence-corrected chi connectivity index (χ0v) is 14.1. The largest absolute Gasteiger partial charge is 0.484 e. The summed E-state index contributed by atoms with van der Waals surface area (Å²) in [6.07, 6.45) is 1.64. The van der Waals surface area contributed by atoms with Crippen molar-refractivity contribution >= 4 is 22.7 Å². The van der Waals surface area contributed by atoms with Crippen LogP contribution in [0, 0.1) is 5.92 Å². The highest BCUT2D eigenvalue weighted by molar-refractivity contribution is 5.91. The van der Waals surface area contributed by atoms with Crippen LogP contribution in [0.5, 0.6) is 5.75 Å². The lowest BCUT2D eigenvalue weighted by molar-refractivity contribution is -0.118. The van der Waals surface area contributed by atoms with Crippen molar-refractivity contribution in [1.82, 2.24) is 9.78 Å². The Balaban J connectivity index is 1.62. The SMILES string of the molecule is CC(C)Cn1nccc1NC(=O)COc1ccc2ccc(=O)oc2c1. The first-order valence-electron chi connectivity index (χ1n) is 7.99. The highest BCUT2D eigenvalue weighted by atomic mass is 16.5. The number of ether oxygens (including phenoxy) is 1. The van der Waals surface area contributed by atoms with Gasteiger partial charge in [-0.2, -0.15) is 5.10 Å². The van der Waals surface area contributed by atoms with Crippen LogP contribution in [0.15, 0.2) is 51.8 Å². The van der Waals surface area contributed by atoms with Gasteiger partial charge < -0.3 is 14.5 Å². The maximum atomic E-state index is 12.1. The number of amides is 1. The van der Waals surface area contributed by atoms with Crippen LogP contribution in [0.1, 0.15) is 13.8 Å². The van der Waals surface area contributed by atoms with Crippen LogP contribution in [0.4, 0.5) is 5.82 Å². The first kappa shape index (κ1) is 16.8. The number of fused-ring (bicyclic) bond motifs is 1. The number of hydrogen-bond acceptors (Lipinski definition) is 5. The monoisotopic (exact) mass is 341 g/mol. The Morgan fingerprint density at radius 1 is 1.28 bits per heavy atom. The van der Waals surface area contributed by atoms with E-state index in [2.05, 4.69) is 24.3 Å². The Morgan fingerprint density at radius 3 is 2.88 bits per heavy atom. The third kappa shape index (κ3) is 4.26. The average molecular weight is 341 g/mol. The van der Waals surface area contributed by atoms with Crippen LogP contribution in [-0.4, -0.2) is 22.3 Å². The summed E-state index contributed by atoms with van der Waals surface area (Å²) in [6.45, 7) is 4.71. The van der Waals surface area contributed by atoms with Crippen LogP contribution in [-0.2, 0) is 11.3 Å². The van der Waals surface area contributed by atoms with Crippen molar-refractivity contribution in [3.63, 3.8) is 0 Å². The van der Waals surface area contributed by atoms with Gasteiger partial charge in [-0.25, -0.2) is 9.48 Å². The van der Waals surface area contributed by atoms with Gasteiger partial charge in [-0.05, 0) is 24.1 Å². The van der Waals surface area contributed by atoms with Gasteiger partial charge in [-0.15, -0.1) is 0 Å². The molecule has 0 atom stereocenters. The number of nitrogens with one attached hydrogen (secondary N) is 1. The fraction of sp³-hybridized carbons (Fsp3) is 0.278. The minimum absolute atomic E-state index is 0.157. The van der Waals surface area contributed by atoms with Crippen LogP contribution < -0.4 is 15.7 Å². The number of hydrogen-bond donors (Lipinski definition) is 1. The molecule has 0 spiro atoms. The molecule has 0 saturated heterocycles. The number of rotatable bonds is 6. The van der Waals surface area contributed by atoms with E-state index in [1.54, 1.807) is 41.2 Å². The molecule has 3 rings (SSSR count). The molecular formula is C18H19N3O4. The molecule has 0 aliphatic carbocycles. The van der Waals surface area contributed by atoms with E-state index in [1.807, 2.05) is 0 Å². The second-order valence-electron chi connectivity index (χ2n) is 6.08. The molecule has 0 fully saturated rings. The first-order chi connectivity index (χ1) is 12.0. The summed E-state index contributed by atoms with van der Waals surface area (Å²) in [6, 6.07) is 9.85. The molecular weight excluding hydrogens is 322 g/mol. The summed E-state index contributed by atoms with van der Waals surface area (Å²) >= 11 is 0. The number of carbonyl (C=O) groups is 1. The highest BCUT2D eigenvalue weighted by Gasteiger charge is 2.09. The number of aromatic nitrogens is 2. The molecule has 0 aliphatic heterocycles. The van der Waals surface area contributed by atoms with E-state index < -0.39 is 5.63 Å². The van der Waals surface area contributed by atoms with Gasteiger partial charge >= 0.3 is 5.63 Å². The number of anilines is 1. The molecule has 7 nitrogen and oxygen atoms in total. The minimum atomic E-state index is -0.430. The van der Waals surface area contributed by atoms with E-state index >= 15 is 0 Å². The van der Waals surface area contributed by atoms with Crippen molar-refractivity contribution in [2.75, 3.05) is 11.9 Å². The van der Waals surface area contributed by atoms with Crippen LogP contribution in [0.25, 0.3) is 11.0 Å². The molecule has 0 radical (unpaired) electrons. The van der Waals surface area contributed by atoms with Gasteiger partial charge in [0.25, 0.3) is 5.91 Å². The summed E-state index contributed by atoms with van der Waals surface area (Å²) < 4.78 is 12.3. The maximum absolute atomic E-state index is 12.1. The molecule has 25 heavy (non-hydrogen) atoms. The van der Waals surface area contributed by atoms with Crippen molar-refractivity contribution in [3.8, 4) is 5.75 Å². The highest BCUT2D eigenvalue weighted by Crippen LogP contribution is 2.19. The van der Waals surface area contributed by atoms with Crippen LogP contribution >= 0.6 is 0 Å². The quantitative estimate of drug-likeness (QED) is 0.697. The van der Waals surface area contributed by atoms with Crippen molar-refractivity contribution in [1.29, 1.82) is 0 Å². The third-order valence-corrected chi connectivity index (χ3v) is 3.49.